The fourth-order valence-corrected chi connectivity index (χ4v) is 3.50. The quantitative estimate of drug-likeness (QED) is 0.798. The highest BCUT2D eigenvalue weighted by molar-refractivity contribution is 8.00. The molecule has 0 aliphatic rings. The lowest BCUT2D eigenvalue weighted by Crippen LogP contribution is -2.22. The van der Waals surface area contributed by atoms with Gasteiger partial charge in [0, 0.05) is 10.6 Å². The number of primary sulfonamides is 1. The number of benzene rings is 2. The Kier molecular flexibility index (Phi) is 5.69. The summed E-state index contributed by atoms with van der Waals surface area (Å²) in [5.41, 5.74) is 2.93. The van der Waals surface area contributed by atoms with Gasteiger partial charge in [0.25, 0.3) is 0 Å². The van der Waals surface area contributed by atoms with Crippen molar-refractivity contribution in [2.45, 2.75) is 35.8 Å². The van der Waals surface area contributed by atoms with Gasteiger partial charge >= 0.3 is 0 Å². The maximum Gasteiger partial charge on any atom is 0.238 e. The highest BCUT2D eigenvalue weighted by atomic mass is 32.2. The molecular formula is C17H20N2O3S2. The first-order valence-electron chi connectivity index (χ1n) is 7.34. The average Bonchev–Trinajstić information content (AvgIpc) is 2.50. The fraction of sp³-hybridized carbons (Fsp3) is 0.235. The van der Waals surface area contributed by atoms with E-state index in [2.05, 4.69) is 11.4 Å². The normalized spacial score (nSPS) is 12.7. The second-order valence-electron chi connectivity index (χ2n) is 5.56. The van der Waals surface area contributed by atoms with Gasteiger partial charge in [-0.25, -0.2) is 13.6 Å². The summed E-state index contributed by atoms with van der Waals surface area (Å²) < 4.78 is 22.4. The van der Waals surface area contributed by atoms with E-state index >= 15 is 0 Å². The minimum Gasteiger partial charge on any atom is -0.325 e. The van der Waals surface area contributed by atoms with Crippen LogP contribution in [0.4, 0.5) is 5.69 Å². The molecule has 2 rings (SSSR count). The summed E-state index contributed by atoms with van der Waals surface area (Å²) in [6.07, 6.45) is 0. The molecule has 0 aromatic heterocycles. The van der Waals surface area contributed by atoms with Crippen LogP contribution in [-0.2, 0) is 14.8 Å². The number of thioether (sulfide) groups is 1. The molecule has 1 atom stereocenters. The number of aryl methyl sites for hydroxylation is 2. The van der Waals surface area contributed by atoms with Gasteiger partial charge in [-0.3, -0.25) is 4.79 Å². The highest BCUT2D eigenvalue weighted by Gasteiger charge is 2.15. The van der Waals surface area contributed by atoms with Crippen LogP contribution in [-0.4, -0.2) is 19.6 Å². The average molecular weight is 364 g/mol. The SMILES string of the molecule is Cc1ccc(SC(C)C(=O)Nc2ccc(S(N)(=O)=O)cc2)cc1C. The molecule has 0 radical (unpaired) electrons. The van der Waals surface area contributed by atoms with Crippen molar-refractivity contribution in [3.8, 4) is 0 Å². The van der Waals surface area contributed by atoms with E-state index < -0.39 is 10.0 Å². The maximum absolute atomic E-state index is 12.3. The van der Waals surface area contributed by atoms with E-state index in [1.54, 1.807) is 0 Å². The summed E-state index contributed by atoms with van der Waals surface area (Å²) >= 11 is 1.47. The number of sulfonamides is 1. The molecule has 7 heteroatoms. The van der Waals surface area contributed by atoms with Crippen LogP contribution >= 0.6 is 11.8 Å². The second-order valence-corrected chi connectivity index (χ2v) is 8.54. The molecule has 0 aliphatic carbocycles. The molecule has 0 aliphatic heterocycles. The van der Waals surface area contributed by atoms with Crippen molar-refractivity contribution in [3.63, 3.8) is 0 Å². The first-order chi connectivity index (χ1) is 11.2. The molecule has 0 bridgehead atoms. The van der Waals surface area contributed by atoms with E-state index in [1.165, 1.54) is 47.2 Å². The molecule has 0 heterocycles. The zero-order chi connectivity index (χ0) is 17.9. The van der Waals surface area contributed by atoms with E-state index in [-0.39, 0.29) is 16.1 Å². The monoisotopic (exact) mass is 364 g/mol. The molecule has 3 N–H and O–H groups in total. The van der Waals surface area contributed by atoms with Gasteiger partial charge in [-0.15, -0.1) is 11.8 Å². The van der Waals surface area contributed by atoms with Crippen molar-refractivity contribution in [2.24, 2.45) is 5.14 Å². The molecule has 2 aromatic rings. The zero-order valence-corrected chi connectivity index (χ0v) is 15.4. The van der Waals surface area contributed by atoms with Crippen LogP contribution in [0.15, 0.2) is 52.3 Å². The van der Waals surface area contributed by atoms with Crippen molar-refractivity contribution in [2.75, 3.05) is 5.32 Å². The minimum absolute atomic E-state index is 0.0121. The third-order valence-electron chi connectivity index (χ3n) is 3.61. The summed E-state index contributed by atoms with van der Waals surface area (Å²) in [6, 6.07) is 11.9. The fourth-order valence-electron chi connectivity index (χ4n) is 2.02. The first kappa shape index (κ1) is 18.5. The molecular weight excluding hydrogens is 344 g/mol. The number of hydrogen-bond acceptors (Lipinski definition) is 4. The van der Waals surface area contributed by atoms with Crippen LogP contribution in [0, 0.1) is 13.8 Å². The van der Waals surface area contributed by atoms with Gasteiger partial charge in [0.05, 0.1) is 10.1 Å². The van der Waals surface area contributed by atoms with Crippen LogP contribution in [0.2, 0.25) is 0 Å². The molecule has 1 amide bonds. The van der Waals surface area contributed by atoms with Gasteiger partial charge in [0.15, 0.2) is 0 Å². The molecule has 2 aromatic carbocycles. The lowest BCUT2D eigenvalue weighted by atomic mass is 10.1. The number of hydrogen-bond donors (Lipinski definition) is 2. The van der Waals surface area contributed by atoms with Crippen molar-refractivity contribution in [1.29, 1.82) is 0 Å². The van der Waals surface area contributed by atoms with Crippen molar-refractivity contribution >= 4 is 33.4 Å². The van der Waals surface area contributed by atoms with Gasteiger partial charge in [0.2, 0.25) is 15.9 Å². The lowest BCUT2D eigenvalue weighted by Gasteiger charge is -2.13. The van der Waals surface area contributed by atoms with Gasteiger partial charge in [-0.1, -0.05) is 6.07 Å². The first-order valence-corrected chi connectivity index (χ1v) is 9.77. The van der Waals surface area contributed by atoms with Gasteiger partial charge in [-0.2, -0.15) is 0 Å². The van der Waals surface area contributed by atoms with Crippen LogP contribution in [0.5, 0.6) is 0 Å². The Morgan fingerprint density at radius 3 is 2.25 bits per heavy atom. The Labute approximate surface area is 146 Å². The molecule has 24 heavy (non-hydrogen) atoms. The Hall–Kier alpha value is -1.83. The van der Waals surface area contributed by atoms with Crippen LogP contribution in [0.1, 0.15) is 18.1 Å². The topological polar surface area (TPSA) is 89.3 Å². The van der Waals surface area contributed by atoms with E-state index in [1.807, 2.05) is 32.9 Å². The van der Waals surface area contributed by atoms with Crippen LogP contribution in [0.3, 0.4) is 0 Å². The maximum atomic E-state index is 12.3. The molecule has 0 fully saturated rings. The van der Waals surface area contributed by atoms with Crippen molar-refractivity contribution < 1.29 is 13.2 Å². The Morgan fingerprint density at radius 1 is 1.08 bits per heavy atom. The predicted octanol–water partition coefficient (Wildman–Crippen LogP) is 3.07. The van der Waals surface area contributed by atoms with E-state index in [9.17, 15) is 13.2 Å². The Morgan fingerprint density at radius 2 is 1.71 bits per heavy atom. The summed E-state index contributed by atoms with van der Waals surface area (Å²) in [6.45, 7) is 5.91. The van der Waals surface area contributed by atoms with Gasteiger partial charge in [0.1, 0.15) is 0 Å². The predicted molar refractivity (Wildman–Crippen MR) is 97.7 cm³/mol. The molecule has 1 unspecified atom stereocenters. The number of nitrogens with one attached hydrogen (secondary N) is 1. The molecule has 128 valence electrons. The number of nitrogens with two attached hydrogens (primary N) is 1. The number of carbonyl (C=O) groups excluding carboxylic acids is 1. The number of anilines is 1. The zero-order valence-electron chi connectivity index (χ0n) is 13.7. The van der Waals surface area contributed by atoms with Crippen molar-refractivity contribution in [1.82, 2.24) is 0 Å². The summed E-state index contributed by atoms with van der Waals surface area (Å²) in [5.74, 6) is -0.151. The van der Waals surface area contributed by atoms with Gasteiger partial charge < -0.3 is 5.32 Å². The van der Waals surface area contributed by atoms with E-state index in [0.29, 0.717) is 5.69 Å². The third kappa shape index (κ3) is 4.83. The Balaban J connectivity index is 2.02. The lowest BCUT2D eigenvalue weighted by molar-refractivity contribution is -0.115. The third-order valence-corrected chi connectivity index (χ3v) is 5.63. The molecule has 0 saturated heterocycles. The van der Waals surface area contributed by atoms with Gasteiger partial charge in [-0.05, 0) is 68.3 Å². The molecule has 0 saturated carbocycles. The number of carbonyl (C=O) groups is 1. The van der Waals surface area contributed by atoms with E-state index in [0.717, 1.165) is 4.90 Å². The number of rotatable bonds is 5. The number of amides is 1. The summed E-state index contributed by atoms with van der Waals surface area (Å²) in [7, 11) is -3.73. The Bertz CT molecular complexity index is 847. The molecule has 0 spiro atoms. The smallest absolute Gasteiger partial charge is 0.238 e. The molecule has 5 nitrogen and oxygen atoms in total. The summed E-state index contributed by atoms with van der Waals surface area (Å²) in [5, 5.41) is 7.53. The van der Waals surface area contributed by atoms with Crippen LogP contribution < -0.4 is 10.5 Å². The van der Waals surface area contributed by atoms with E-state index in [4.69, 9.17) is 5.14 Å². The largest absolute Gasteiger partial charge is 0.325 e. The standard InChI is InChI=1S/C17H20N2O3S2/c1-11-4-7-15(10-12(11)2)23-13(3)17(20)19-14-5-8-16(9-6-14)24(18,21)22/h4-10,13H,1-3H3,(H,19,20)(H2,18,21,22). The van der Waals surface area contributed by atoms with Crippen LogP contribution in [0.25, 0.3) is 0 Å². The minimum atomic E-state index is -3.73. The second kappa shape index (κ2) is 7.38. The van der Waals surface area contributed by atoms with Crippen molar-refractivity contribution in [3.05, 3.63) is 53.6 Å². The highest BCUT2D eigenvalue weighted by Crippen LogP contribution is 2.26. The summed E-state index contributed by atoms with van der Waals surface area (Å²) in [4.78, 5) is 13.3.